The fourth-order valence-corrected chi connectivity index (χ4v) is 2.33. The lowest BCUT2D eigenvalue weighted by Crippen LogP contribution is -2.40. The maximum Gasteiger partial charge on any atom is 0.248 e. The smallest absolute Gasteiger partial charge is 0.248 e. The molecule has 0 aromatic rings. The van der Waals surface area contributed by atoms with Crippen LogP contribution in [0.1, 0.15) is 45.4 Å². The molecule has 1 unspecified atom stereocenters. The van der Waals surface area contributed by atoms with Crippen LogP contribution < -0.4 is 5.32 Å². The van der Waals surface area contributed by atoms with Gasteiger partial charge in [-0.2, -0.15) is 0 Å². The topological polar surface area (TPSA) is 12.0 Å². The molecule has 92 valence electrons. The molecular formula is C13H21F2N. The first-order valence-electron chi connectivity index (χ1n) is 6.13. The molecule has 0 aliphatic heterocycles. The quantitative estimate of drug-likeness (QED) is 0.714. The Balaban J connectivity index is 2.43. The standard InChI is InChI=1S/C13H21F2N/c1-3-5-12(16-10-4-2)11-6-8-13(14,15)9-7-11/h1,11-12,16H,4-10H2,2H3. The number of halogens is 2. The van der Waals surface area contributed by atoms with Gasteiger partial charge in [-0.3, -0.25) is 0 Å². The first kappa shape index (κ1) is 13.4. The summed E-state index contributed by atoms with van der Waals surface area (Å²) in [4.78, 5) is 0. The maximum atomic E-state index is 13.0. The molecule has 16 heavy (non-hydrogen) atoms. The predicted molar refractivity (Wildman–Crippen MR) is 62.4 cm³/mol. The molecule has 3 heteroatoms. The fourth-order valence-electron chi connectivity index (χ4n) is 2.33. The lowest BCUT2D eigenvalue weighted by molar-refractivity contribution is -0.0493. The summed E-state index contributed by atoms with van der Waals surface area (Å²) in [7, 11) is 0. The second-order valence-electron chi connectivity index (χ2n) is 4.66. The summed E-state index contributed by atoms with van der Waals surface area (Å²) in [6, 6.07) is 0.223. The highest BCUT2D eigenvalue weighted by molar-refractivity contribution is 4.94. The van der Waals surface area contributed by atoms with Crippen molar-refractivity contribution < 1.29 is 8.78 Å². The minimum absolute atomic E-state index is 0.0204. The molecule has 1 atom stereocenters. The highest BCUT2D eigenvalue weighted by Crippen LogP contribution is 2.37. The van der Waals surface area contributed by atoms with Gasteiger partial charge in [0.2, 0.25) is 5.92 Å². The molecule has 0 saturated heterocycles. The lowest BCUT2D eigenvalue weighted by atomic mass is 9.81. The first-order chi connectivity index (χ1) is 7.59. The van der Waals surface area contributed by atoms with Crippen LogP contribution in [-0.2, 0) is 0 Å². The van der Waals surface area contributed by atoms with E-state index in [1.165, 1.54) is 0 Å². The van der Waals surface area contributed by atoms with Crippen LogP contribution in [-0.4, -0.2) is 18.5 Å². The minimum atomic E-state index is -2.44. The highest BCUT2D eigenvalue weighted by atomic mass is 19.3. The number of hydrogen-bond donors (Lipinski definition) is 1. The predicted octanol–water partition coefficient (Wildman–Crippen LogP) is 3.20. The van der Waals surface area contributed by atoms with Gasteiger partial charge in [0.05, 0.1) is 0 Å². The van der Waals surface area contributed by atoms with E-state index in [0.29, 0.717) is 25.2 Å². The molecule has 1 aliphatic rings. The van der Waals surface area contributed by atoms with E-state index >= 15 is 0 Å². The zero-order valence-electron chi connectivity index (χ0n) is 9.94. The molecular weight excluding hydrogens is 208 g/mol. The summed E-state index contributed by atoms with van der Waals surface area (Å²) in [5.74, 6) is 0.524. The van der Waals surface area contributed by atoms with E-state index in [2.05, 4.69) is 18.2 Å². The first-order valence-corrected chi connectivity index (χ1v) is 6.13. The van der Waals surface area contributed by atoms with Crippen LogP contribution in [0.15, 0.2) is 0 Å². The van der Waals surface area contributed by atoms with Crippen LogP contribution >= 0.6 is 0 Å². The summed E-state index contributed by atoms with van der Waals surface area (Å²) in [5.41, 5.74) is 0. The van der Waals surface area contributed by atoms with Crippen molar-refractivity contribution in [1.82, 2.24) is 5.32 Å². The summed E-state index contributed by atoms with van der Waals surface area (Å²) in [6.45, 7) is 3.01. The van der Waals surface area contributed by atoms with Gasteiger partial charge in [0, 0.05) is 25.3 Å². The molecule has 0 radical (unpaired) electrons. The van der Waals surface area contributed by atoms with E-state index in [9.17, 15) is 8.78 Å². The van der Waals surface area contributed by atoms with Gasteiger partial charge in [-0.15, -0.1) is 12.3 Å². The molecule has 0 aromatic carbocycles. The summed E-state index contributed by atoms with van der Waals surface area (Å²) < 4.78 is 26.0. The fraction of sp³-hybridized carbons (Fsp3) is 0.846. The largest absolute Gasteiger partial charge is 0.313 e. The lowest BCUT2D eigenvalue weighted by Gasteiger charge is -2.33. The van der Waals surface area contributed by atoms with Gasteiger partial charge in [0.15, 0.2) is 0 Å². The van der Waals surface area contributed by atoms with E-state index in [1.54, 1.807) is 0 Å². The van der Waals surface area contributed by atoms with Crippen LogP contribution in [0.25, 0.3) is 0 Å². The Bertz CT molecular complexity index is 235. The Labute approximate surface area is 97.0 Å². The highest BCUT2D eigenvalue weighted by Gasteiger charge is 2.37. The third-order valence-corrected chi connectivity index (χ3v) is 3.33. The second-order valence-corrected chi connectivity index (χ2v) is 4.66. The van der Waals surface area contributed by atoms with Gasteiger partial charge in [0.25, 0.3) is 0 Å². The molecule has 0 aromatic heterocycles. The van der Waals surface area contributed by atoms with E-state index in [1.807, 2.05) is 0 Å². The van der Waals surface area contributed by atoms with Crippen molar-refractivity contribution >= 4 is 0 Å². The van der Waals surface area contributed by atoms with Crippen LogP contribution in [0.3, 0.4) is 0 Å². The van der Waals surface area contributed by atoms with Gasteiger partial charge >= 0.3 is 0 Å². The van der Waals surface area contributed by atoms with Crippen molar-refractivity contribution in [2.24, 2.45) is 5.92 Å². The normalized spacial score (nSPS) is 22.6. The van der Waals surface area contributed by atoms with Crippen molar-refractivity contribution in [3.63, 3.8) is 0 Å². The molecule has 1 N–H and O–H groups in total. The van der Waals surface area contributed by atoms with Crippen LogP contribution in [0.4, 0.5) is 8.78 Å². The monoisotopic (exact) mass is 229 g/mol. The van der Waals surface area contributed by atoms with Crippen LogP contribution in [0, 0.1) is 18.3 Å². The van der Waals surface area contributed by atoms with Gasteiger partial charge in [-0.25, -0.2) is 8.78 Å². The molecule has 1 rings (SSSR count). The molecule has 0 spiro atoms. The zero-order valence-corrected chi connectivity index (χ0v) is 9.94. The molecule has 1 nitrogen and oxygen atoms in total. The average molecular weight is 229 g/mol. The number of terminal acetylenes is 1. The van der Waals surface area contributed by atoms with Gasteiger partial charge < -0.3 is 5.32 Å². The minimum Gasteiger partial charge on any atom is -0.313 e. The molecule has 1 fully saturated rings. The third-order valence-electron chi connectivity index (χ3n) is 3.33. The Morgan fingerprint density at radius 3 is 2.56 bits per heavy atom. The SMILES string of the molecule is C#CCC(NCCC)C1CCC(F)(F)CC1. The maximum absolute atomic E-state index is 13.0. The summed E-state index contributed by atoms with van der Waals surface area (Å²) >= 11 is 0. The third kappa shape index (κ3) is 4.09. The van der Waals surface area contributed by atoms with Crippen molar-refractivity contribution in [1.29, 1.82) is 0 Å². The summed E-state index contributed by atoms with van der Waals surface area (Å²) in [6.07, 6.45) is 8.24. The average Bonchev–Trinajstić information content (AvgIpc) is 2.25. The Hall–Kier alpha value is -0.620. The van der Waals surface area contributed by atoms with Crippen molar-refractivity contribution in [2.75, 3.05) is 6.54 Å². The number of nitrogens with one attached hydrogen (secondary N) is 1. The van der Waals surface area contributed by atoms with Gasteiger partial charge in [0.1, 0.15) is 0 Å². The van der Waals surface area contributed by atoms with E-state index in [-0.39, 0.29) is 18.9 Å². The van der Waals surface area contributed by atoms with Crippen molar-refractivity contribution in [2.45, 2.75) is 57.4 Å². The molecule has 1 saturated carbocycles. The molecule has 0 bridgehead atoms. The Morgan fingerprint density at radius 2 is 2.06 bits per heavy atom. The van der Waals surface area contributed by atoms with Gasteiger partial charge in [-0.1, -0.05) is 6.92 Å². The number of alkyl halides is 2. The Morgan fingerprint density at radius 1 is 1.44 bits per heavy atom. The van der Waals surface area contributed by atoms with E-state index in [0.717, 1.165) is 13.0 Å². The second kappa shape index (κ2) is 6.20. The number of rotatable bonds is 5. The molecule has 0 amide bonds. The van der Waals surface area contributed by atoms with Crippen molar-refractivity contribution in [3.05, 3.63) is 0 Å². The van der Waals surface area contributed by atoms with Gasteiger partial charge in [-0.05, 0) is 31.7 Å². The van der Waals surface area contributed by atoms with Crippen molar-refractivity contribution in [3.8, 4) is 12.3 Å². The summed E-state index contributed by atoms with van der Waals surface area (Å²) in [5, 5.41) is 3.38. The number of hydrogen-bond acceptors (Lipinski definition) is 1. The van der Waals surface area contributed by atoms with E-state index in [4.69, 9.17) is 6.42 Å². The van der Waals surface area contributed by atoms with Crippen LogP contribution in [0.2, 0.25) is 0 Å². The van der Waals surface area contributed by atoms with Crippen LogP contribution in [0.5, 0.6) is 0 Å². The Kier molecular flexibility index (Phi) is 5.21. The molecule has 0 heterocycles. The molecule has 1 aliphatic carbocycles. The zero-order chi connectivity index (χ0) is 12.0. The van der Waals surface area contributed by atoms with E-state index < -0.39 is 5.92 Å².